The first-order valence-corrected chi connectivity index (χ1v) is 8.51. The monoisotopic (exact) mass is 411 g/mol. The maximum Gasteiger partial charge on any atom is 0.276 e. The number of amides is 1. The van der Waals surface area contributed by atoms with Crippen LogP contribution in [0.1, 0.15) is 35.2 Å². The predicted molar refractivity (Wildman–Crippen MR) is 107 cm³/mol. The quantitative estimate of drug-likeness (QED) is 0.707. The Hall–Kier alpha value is -2.16. The molecule has 3 aromatic rings. The zero-order valence-corrected chi connectivity index (χ0v) is 16.6. The molecule has 0 bridgehead atoms. The Labute approximate surface area is 169 Å². The van der Waals surface area contributed by atoms with Gasteiger partial charge in [-0.05, 0) is 25.0 Å². The number of aryl methyl sites for hydroxylation is 1. The molecule has 146 valence electrons. The van der Waals surface area contributed by atoms with Gasteiger partial charge in [-0.1, -0.05) is 17.3 Å². The molecule has 1 aliphatic heterocycles. The van der Waals surface area contributed by atoms with Crippen molar-refractivity contribution >= 4 is 41.8 Å². The molecular formula is C17H23Cl2N7O. The molecule has 0 aliphatic carbocycles. The number of rotatable bonds is 4. The lowest BCUT2D eigenvalue weighted by Gasteiger charge is -2.23. The van der Waals surface area contributed by atoms with E-state index < -0.39 is 0 Å². The lowest BCUT2D eigenvalue weighted by atomic mass is 10.2. The van der Waals surface area contributed by atoms with Crippen LogP contribution in [0.5, 0.6) is 0 Å². The Kier molecular flexibility index (Phi) is 6.80. The summed E-state index contributed by atoms with van der Waals surface area (Å²) in [6.45, 7) is 1.72. The maximum atomic E-state index is 12.9. The summed E-state index contributed by atoms with van der Waals surface area (Å²) in [5, 5.41) is 7.98. The molecule has 2 N–H and O–H groups in total. The summed E-state index contributed by atoms with van der Waals surface area (Å²) >= 11 is 0. The molecule has 1 amide bonds. The molecule has 1 aromatic carbocycles. The van der Waals surface area contributed by atoms with Gasteiger partial charge in [0.15, 0.2) is 5.69 Å². The molecule has 4 rings (SSSR count). The third kappa shape index (κ3) is 3.78. The SMILES string of the molecule is Cl.Cl.Cn1c(C2CCCN2C(=O)c2cn(CCN)nn2)nc2ccccc21. The van der Waals surface area contributed by atoms with Crippen molar-refractivity contribution in [2.75, 3.05) is 13.1 Å². The number of carbonyl (C=O) groups excluding carboxylic acids is 1. The van der Waals surface area contributed by atoms with Crippen molar-refractivity contribution in [2.45, 2.75) is 25.4 Å². The zero-order valence-electron chi connectivity index (χ0n) is 15.0. The van der Waals surface area contributed by atoms with Gasteiger partial charge < -0.3 is 15.2 Å². The van der Waals surface area contributed by atoms with E-state index in [9.17, 15) is 4.79 Å². The molecule has 1 fully saturated rings. The van der Waals surface area contributed by atoms with Gasteiger partial charge >= 0.3 is 0 Å². The fourth-order valence-electron chi connectivity index (χ4n) is 3.53. The molecule has 1 atom stereocenters. The fourth-order valence-corrected chi connectivity index (χ4v) is 3.53. The van der Waals surface area contributed by atoms with E-state index >= 15 is 0 Å². The Bertz CT molecular complexity index is 923. The van der Waals surface area contributed by atoms with E-state index in [4.69, 9.17) is 10.7 Å². The van der Waals surface area contributed by atoms with E-state index in [0.717, 1.165) is 29.7 Å². The van der Waals surface area contributed by atoms with Gasteiger partial charge in [0.2, 0.25) is 0 Å². The lowest BCUT2D eigenvalue weighted by Crippen LogP contribution is -2.32. The second kappa shape index (κ2) is 8.69. The van der Waals surface area contributed by atoms with Crippen molar-refractivity contribution < 1.29 is 4.79 Å². The molecule has 1 saturated heterocycles. The highest BCUT2D eigenvalue weighted by Crippen LogP contribution is 2.33. The van der Waals surface area contributed by atoms with Crippen molar-refractivity contribution in [1.29, 1.82) is 0 Å². The van der Waals surface area contributed by atoms with Gasteiger partial charge in [-0.2, -0.15) is 0 Å². The van der Waals surface area contributed by atoms with Crippen LogP contribution in [0.4, 0.5) is 0 Å². The minimum Gasteiger partial charge on any atom is -0.329 e. The normalized spacial score (nSPS) is 16.2. The number of imidazole rings is 1. The van der Waals surface area contributed by atoms with Crippen LogP contribution in [0.3, 0.4) is 0 Å². The summed E-state index contributed by atoms with van der Waals surface area (Å²) in [7, 11) is 2.00. The number of nitrogens with zero attached hydrogens (tertiary/aromatic N) is 6. The average Bonchev–Trinajstić information content (AvgIpc) is 3.34. The summed E-state index contributed by atoms with van der Waals surface area (Å²) in [5.41, 5.74) is 7.91. The van der Waals surface area contributed by atoms with E-state index in [1.54, 1.807) is 10.9 Å². The first-order chi connectivity index (χ1) is 12.2. The number of hydrogen-bond acceptors (Lipinski definition) is 5. The van der Waals surface area contributed by atoms with E-state index in [0.29, 0.717) is 25.3 Å². The van der Waals surface area contributed by atoms with Crippen LogP contribution in [0.2, 0.25) is 0 Å². The number of aromatic nitrogens is 5. The molecule has 3 heterocycles. The highest BCUT2D eigenvalue weighted by Gasteiger charge is 2.34. The molecule has 1 aliphatic rings. The molecule has 0 saturated carbocycles. The number of fused-ring (bicyclic) bond motifs is 1. The number of para-hydroxylation sites is 2. The molecule has 1 unspecified atom stereocenters. The van der Waals surface area contributed by atoms with Crippen LogP contribution in [-0.2, 0) is 13.6 Å². The van der Waals surface area contributed by atoms with E-state index in [-0.39, 0.29) is 36.8 Å². The first kappa shape index (κ1) is 21.1. The van der Waals surface area contributed by atoms with Gasteiger partial charge in [-0.15, -0.1) is 29.9 Å². The number of nitrogens with two attached hydrogens (primary N) is 1. The standard InChI is InChI=1S/C17H21N7O.2ClH/c1-22-14-6-3-2-5-12(14)19-16(22)15-7-4-9-24(15)17(25)13-11-23(10-8-18)21-20-13;;/h2-3,5-6,11,15H,4,7-10,18H2,1H3;2*1H. The molecule has 0 radical (unpaired) electrons. The van der Waals surface area contributed by atoms with Crippen LogP contribution in [0, 0.1) is 0 Å². The van der Waals surface area contributed by atoms with E-state index in [2.05, 4.69) is 14.9 Å². The van der Waals surface area contributed by atoms with Gasteiger partial charge in [-0.25, -0.2) is 4.98 Å². The van der Waals surface area contributed by atoms with Crippen molar-refractivity contribution in [3.05, 3.63) is 42.0 Å². The van der Waals surface area contributed by atoms with Crippen molar-refractivity contribution in [3.8, 4) is 0 Å². The number of halogens is 2. The number of benzene rings is 1. The Morgan fingerprint density at radius 2 is 2.07 bits per heavy atom. The topological polar surface area (TPSA) is 94.9 Å². The highest BCUT2D eigenvalue weighted by atomic mass is 35.5. The van der Waals surface area contributed by atoms with Crippen molar-refractivity contribution in [1.82, 2.24) is 29.4 Å². The van der Waals surface area contributed by atoms with Crippen LogP contribution in [-0.4, -0.2) is 48.4 Å². The van der Waals surface area contributed by atoms with Gasteiger partial charge in [-0.3, -0.25) is 9.48 Å². The van der Waals surface area contributed by atoms with E-state index in [1.807, 2.05) is 36.2 Å². The van der Waals surface area contributed by atoms with E-state index in [1.165, 1.54) is 0 Å². The smallest absolute Gasteiger partial charge is 0.276 e. The second-order valence-electron chi connectivity index (χ2n) is 6.33. The number of carbonyl (C=O) groups is 1. The minimum atomic E-state index is -0.0992. The summed E-state index contributed by atoms with van der Waals surface area (Å²) in [6, 6.07) is 7.99. The molecular weight excluding hydrogens is 389 g/mol. The number of likely N-dealkylation sites (tertiary alicyclic amines) is 1. The fraction of sp³-hybridized carbons (Fsp3) is 0.412. The van der Waals surface area contributed by atoms with Gasteiger partial charge in [0.25, 0.3) is 5.91 Å². The van der Waals surface area contributed by atoms with Crippen molar-refractivity contribution in [3.63, 3.8) is 0 Å². The molecule has 0 spiro atoms. The third-order valence-corrected chi connectivity index (χ3v) is 4.75. The summed E-state index contributed by atoms with van der Waals surface area (Å²) in [4.78, 5) is 19.5. The molecule has 2 aromatic heterocycles. The molecule has 10 heteroatoms. The Morgan fingerprint density at radius 1 is 1.30 bits per heavy atom. The average molecular weight is 412 g/mol. The number of hydrogen-bond donors (Lipinski definition) is 1. The first-order valence-electron chi connectivity index (χ1n) is 8.51. The zero-order chi connectivity index (χ0) is 17.4. The Balaban J connectivity index is 0.00000131. The Morgan fingerprint density at radius 3 is 2.81 bits per heavy atom. The predicted octanol–water partition coefficient (Wildman–Crippen LogP) is 1.94. The van der Waals surface area contributed by atoms with Gasteiger partial charge in [0.1, 0.15) is 5.82 Å². The van der Waals surface area contributed by atoms with Gasteiger partial charge in [0.05, 0.1) is 29.8 Å². The largest absolute Gasteiger partial charge is 0.329 e. The maximum absolute atomic E-state index is 12.9. The summed E-state index contributed by atoms with van der Waals surface area (Å²) < 4.78 is 3.68. The molecule has 27 heavy (non-hydrogen) atoms. The second-order valence-corrected chi connectivity index (χ2v) is 6.33. The lowest BCUT2D eigenvalue weighted by molar-refractivity contribution is 0.0722. The van der Waals surface area contributed by atoms with Crippen LogP contribution < -0.4 is 5.73 Å². The molecule has 8 nitrogen and oxygen atoms in total. The van der Waals surface area contributed by atoms with Gasteiger partial charge in [0, 0.05) is 20.1 Å². The summed E-state index contributed by atoms with van der Waals surface area (Å²) in [5.74, 6) is 0.819. The van der Waals surface area contributed by atoms with Crippen molar-refractivity contribution in [2.24, 2.45) is 12.8 Å². The van der Waals surface area contributed by atoms with Crippen LogP contribution in [0.25, 0.3) is 11.0 Å². The minimum absolute atomic E-state index is 0. The van der Waals surface area contributed by atoms with Crippen LogP contribution >= 0.6 is 24.8 Å². The summed E-state index contributed by atoms with van der Waals surface area (Å²) in [6.07, 6.45) is 3.52. The third-order valence-electron chi connectivity index (χ3n) is 4.75. The highest BCUT2D eigenvalue weighted by molar-refractivity contribution is 5.92. The van der Waals surface area contributed by atoms with Crippen LogP contribution in [0.15, 0.2) is 30.5 Å².